The number of pyridine rings is 1. The van der Waals surface area contributed by atoms with Crippen LogP contribution in [0.1, 0.15) is 10.4 Å². The molecule has 1 fully saturated rings. The van der Waals surface area contributed by atoms with E-state index in [2.05, 4.69) is 9.72 Å². The van der Waals surface area contributed by atoms with Gasteiger partial charge in [0.1, 0.15) is 5.15 Å². The highest BCUT2D eigenvalue weighted by Gasteiger charge is 2.34. The molecule has 1 aliphatic rings. The van der Waals surface area contributed by atoms with Gasteiger partial charge in [0.05, 0.1) is 20.3 Å². The van der Waals surface area contributed by atoms with Crippen LogP contribution >= 0.6 is 11.6 Å². The third-order valence-corrected chi connectivity index (χ3v) is 3.04. The summed E-state index contributed by atoms with van der Waals surface area (Å²) in [5.74, 6) is -0.781. The van der Waals surface area contributed by atoms with Gasteiger partial charge in [-0.2, -0.15) is 0 Å². The molecule has 1 amide bonds. The Bertz CT molecular complexity index is 494. The van der Waals surface area contributed by atoms with E-state index in [-0.39, 0.29) is 17.7 Å². The fourth-order valence-corrected chi connectivity index (χ4v) is 2.05. The van der Waals surface area contributed by atoms with Crippen LogP contribution in [0.25, 0.3) is 0 Å². The van der Waals surface area contributed by atoms with Gasteiger partial charge in [-0.1, -0.05) is 11.6 Å². The zero-order valence-electron chi connectivity index (χ0n) is 10.3. The smallest absolute Gasteiger partial charge is 0.331 e. The number of rotatable bonds is 2. The van der Waals surface area contributed by atoms with Crippen LogP contribution in [0.15, 0.2) is 18.3 Å². The average molecular weight is 285 g/mol. The molecule has 1 aromatic heterocycles. The van der Waals surface area contributed by atoms with Gasteiger partial charge in [-0.15, -0.1) is 0 Å². The number of carbonyl (C=O) groups is 2. The Kier molecular flexibility index (Phi) is 4.34. The van der Waals surface area contributed by atoms with Gasteiger partial charge >= 0.3 is 5.97 Å². The summed E-state index contributed by atoms with van der Waals surface area (Å²) in [5, 5.41) is 0.230. The summed E-state index contributed by atoms with van der Waals surface area (Å²) < 4.78 is 9.89. The van der Waals surface area contributed by atoms with Crippen molar-refractivity contribution in [2.45, 2.75) is 6.04 Å². The summed E-state index contributed by atoms with van der Waals surface area (Å²) in [6.45, 7) is 0.855. The molecular weight excluding hydrogens is 272 g/mol. The van der Waals surface area contributed by atoms with Crippen LogP contribution in [0.4, 0.5) is 0 Å². The number of esters is 1. The Labute approximate surface area is 115 Å². The number of carbonyl (C=O) groups excluding carboxylic acids is 2. The predicted molar refractivity (Wildman–Crippen MR) is 66.9 cm³/mol. The molecule has 0 radical (unpaired) electrons. The van der Waals surface area contributed by atoms with E-state index in [1.54, 1.807) is 6.07 Å². The minimum Gasteiger partial charge on any atom is -0.467 e. The Morgan fingerprint density at radius 3 is 3.05 bits per heavy atom. The fraction of sp³-hybridized carbons (Fsp3) is 0.417. The van der Waals surface area contributed by atoms with E-state index >= 15 is 0 Å². The Morgan fingerprint density at radius 2 is 2.37 bits per heavy atom. The molecule has 0 saturated carbocycles. The predicted octanol–water partition coefficient (Wildman–Crippen LogP) is 0.749. The highest BCUT2D eigenvalue weighted by Crippen LogP contribution is 2.15. The Balaban J connectivity index is 2.22. The molecule has 1 aliphatic heterocycles. The van der Waals surface area contributed by atoms with Crippen molar-refractivity contribution in [3.8, 4) is 0 Å². The van der Waals surface area contributed by atoms with Crippen molar-refractivity contribution in [3.63, 3.8) is 0 Å². The fourth-order valence-electron chi connectivity index (χ4n) is 1.88. The van der Waals surface area contributed by atoms with Crippen molar-refractivity contribution in [1.29, 1.82) is 0 Å². The lowest BCUT2D eigenvalue weighted by Gasteiger charge is -2.33. The van der Waals surface area contributed by atoms with Crippen LogP contribution in [-0.2, 0) is 14.3 Å². The van der Waals surface area contributed by atoms with Crippen molar-refractivity contribution in [1.82, 2.24) is 9.88 Å². The molecule has 1 unspecified atom stereocenters. The second-order valence-corrected chi connectivity index (χ2v) is 4.37. The Morgan fingerprint density at radius 1 is 1.58 bits per heavy atom. The summed E-state index contributed by atoms with van der Waals surface area (Å²) in [6, 6.07) is 2.30. The van der Waals surface area contributed by atoms with Gasteiger partial charge in [0.25, 0.3) is 5.91 Å². The number of methoxy groups -OCH3 is 1. The summed E-state index contributed by atoms with van der Waals surface area (Å²) in [4.78, 5) is 29.3. The van der Waals surface area contributed by atoms with Crippen molar-refractivity contribution in [2.24, 2.45) is 0 Å². The van der Waals surface area contributed by atoms with E-state index in [1.165, 1.54) is 24.3 Å². The number of hydrogen-bond acceptors (Lipinski definition) is 5. The third kappa shape index (κ3) is 3.02. The molecule has 1 saturated heterocycles. The molecule has 102 valence electrons. The minimum atomic E-state index is -0.724. The van der Waals surface area contributed by atoms with E-state index in [0.29, 0.717) is 18.7 Å². The molecule has 2 rings (SSSR count). The van der Waals surface area contributed by atoms with Crippen LogP contribution in [-0.4, -0.2) is 54.7 Å². The standard InChI is InChI=1S/C12H13ClN2O4/c1-18-12(17)9-7-19-5-4-15(9)11(16)8-2-3-14-10(13)6-8/h2-3,6,9H,4-5,7H2,1H3. The van der Waals surface area contributed by atoms with Crippen LogP contribution in [0.2, 0.25) is 5.15 Å². The first-order valence-corrected chi connectivity index (χ1v) is 6.09. The van der Waals surface area contributed by atoms with Gasteiger partial charge in [0, 0.05) is 18.3 Å². The van der Waals surface area contributed by atoms with Gasteiger partial charge in [-0.05, 0) is 12.1 Å². The topological polar surface area (TPSA) is 68.7 Å². The summed E-state index contributed by atoms with van der Waals surface area (Å²) in [5.41, 5.74) is 0.385. The lowest BCUT2D eigenvalue weighted by atomic mass is 10.1. The second-order valence-electron chi connectivity index (χ2n) is 3.98. The van der Waals surface area contributed by atoms with E-state index in [1.807, 2.05) is 0 Å². The molecule has 0 aromatic carbocycles. The maximum Gasteiger partial charge on any atom is 0.331 e. The van der Waals surface area contributed by atoms with Crippen LogP contribution in [0, 0.1) is 0 Å². The quantitative estimate of drug-likeness (QED) is 0.592. The zero-order valence-corrected chi connectivity index (χ0v) is 11.1. The average Bonchev–Trinajstić information content (AvgIpc) is 2.45. The first-order valence-electron chi connectivity index (χ1n) is 5.71. The lowest BCUT2D eigenvalue weighted by molar-refractivity contribution is -0.151. The number of ether oxygens (including phenoxy) is 2. The SMILES string of the molecule is COC(=O)C1COCCN1C(=O)c1ccnc(Cl)c1. The van der Waals surface area contributed by atoms with E-state index in [9.17, 15) is 9.59 Å². The van der Waals surface area contributed by atoms with Gasteiger partial charge in [-0.3, -0.25) is 4.79 Å². The van der Waals surface area contributed by atoms with Crippen LogP contribution in [0.5, 0.6) is 0 Å². The number of amides is 1. The maximum absolute atomic E-state index is 12.4. The van der Waals surface area contributed by atoms with Crippen molar-refractivity contribution >= 4 is 23.5 Å². The highest BCUT2D eigenvalue weighted by atomic mass is 35.5. The molecule has 2 heterocycles. The molecule has 0 spiro atoms. The number of morpholine rings is 1. The monoisotopic (exact) mass is 284 g/mol. The molecule has 0 N–H and O–H groups in total. The first kappa shape index (κ1) is 13.8. The molecule has 1 atom stereocenters. The van der Waals surface area contributed by atoms with Gasteiger partial charge < -0.3 is 14.4 Å². The number of aromatic nitrogens is 1. The highest BCUT2D eigenvalue weighted by molar-refractivity contribution is 6.29. The summed E-state index contributed by atoms with van der Waals surface area (Å²) in [7, 11) is 1.28. The van der Waals surface area contributed by atoms with Gasteiger partial charge in [0.2, 0.25) is 0 Å². The van der Waals surface area contributed by atoms with E-state index in [4.69, 9.17) is 16.3 Å². The second kappa shape index (κ2) is 5.99. The van der Waals surface area contributed by atoms with Crippen molar-refractivity contribution < 1.29 is 19.1 Å². The van der Waals surface area contributed by atoms with Crippen molar-refractivity contribution in [3.05, 3.63) is 29.0 Å². The van der Waals surface area contributed by atoms with E-state index < -0.39 is 12.0 Å². The van der Waals surface area contributed by atoms with Crippen LogP contribution < -0.4 is 0 Å². The number of nitrogens with zero attached hydrogens (tertiary/aromatic N) is 2. The van der Waals surface area contributed by atoms with E-state index in [0.717, 1.165) is 0 Å². The molecule has 1 aromatic rings. The maximum atomic E-state index is 12.4. The van der Waals surface area contributed by atoms with Gasteiger partial charge in [-0.25, -0.2) is 9.78 Å². The number of hydrogen-bond donors (Lipinski definition) is 0. The molecule has 6 nitrogen and oxygen atoms in total. The normalized spacial score (nSPS) is 19.1. The molecule has 0 bridgehead atoms. The molecule has 0 aliphatic carbocycles. The Hall–Kier alpha value is -1.66. The third-order valence-electron chi connectivity index (χ3n) is 2.84. The molecular formula is C12H13ClN2O4. The summed E-state index contributed by atoms with van der Waals surface area (Å²) >= 11 is 5.76. The first-order chi connectivity index (χ1) is 9.13. The molecule has 19 heavy (non-hydrogen) atoms. The minimum absolute atomic E-state index is 0.136. The molecule has 7 heteroatoms. The van der Waals surface area contributed by atoms with Gasteiger partial charge in [0.15, 0.2) is 6.04 Å². The largest absolute Gasteiger partial charge is 0.467 e. The van der Waals surface area contributed by atoms with Crippen LogP contribution in [0.3, 0.4) is 0 Å². The van der Waals surface area contributed by atoms with Crippen molar-refractivity contribution in [2.75, 3.05) is 26.9 Å². The zero-order chi connectivity index (χ0) is 13.8. The number of halogens is 1. The lowest BCUT2D eigenvalue weighted by Crippen LogP contribution is -2.53. The summed E-state index contributed by atoms with van der Waals surface area (Å²) in [6.07, 6.45) is 1.45.